The van der Waals surface area contributed by atoms with Gasteiger partial charge in [-0.25, -0.2) is 14.2 Å². The van der Waals surface area contributed by atoms with Crippen LogP contribution in [0.3, 0.4) is 0 Å². The zero-order chi connectivity index (χ0) is 23.1. The predicted octanol–water partition coefficient (Wildman–Crippen LogP) is 4.13. The van der Waals surface area contributed by atoms with Crippen LogP contribution in [0.25, 0.3) is 11.0 Å². The average molecular weight is 453 g/mol. The molecule has 2 bridgehead atoms. The number of H-pyrrole nitrogens is 1. The Morgan fingerprint density at radius 2 is 1.91 bits per heavy atom. The lowest BCUT2D eigenvalue weighted by Crippen LogP contribution is -2.60. The van der Waals surface area contributed by atoms with E-state index in [4.69, 9.17) is 4.74 Å². The van der Waals surface area contributed by atoms with Crippen molar-refractivity contribution in [3.05, 3.63) is 59.7 Å². The maximum Gasteiger partial charge on any atom is 0.315 e. The van der Waals surface area contributed by atoms with Crippen LogP contribution in [0.4, 0.5) is 9.18 Å². The number of carbonyl (C=O) groups is 1. The van der Waals surface area contributed by atoms with Gasteiger partial charge >= 0.3 is 6.03 Å². The van der Waals surface area contributed by atoms with Gasteiger partial charge in [-0.05, 0) is 68.4 Å². The summed E-state index contributed by atoms with van der Waals surface area (Å²) in [7, 11) is 1.43. The van der Waals surface area contributed by atoms with Crippen molar-refractivity contribution < 1.29 is 19.0 Å². The minimum Gasteiger partial charge on any atom is -0.494 e. The number of para-hydroxylation sites is 2. The number of fused-ring (bicyclic) bond motifs is 4. The van der Waals surface area contributed by atoms with Gasteiger partial charge in [0.2, 0.25) is 0 Å². The summed E-state index contributed by atoms with van der Waals surface area (Å²) < 4.78 is 19.3. The predicted molar refractivity (Wildman–Crippen MR) is 123 cm³/mol. The molecule has 174 valence electrons. The molecule has 0 saturated heterocycles. The molecule has 0 unspecified atom stereocenters. The number of hydrogen-bond donors (Lipinski definition) is 4. The molecule has 0 radical (unpaired) electrons. The molecule has 0 aliphatic heterocycles. The minimum atomic E-state index is -0.560. The molecule has 2 amide bonds. The maximum absolute atomic E-state index is 14.3. The smallest absolute Gasteiger partial charge is 0.315 e. The van der Waals surface area contributed by atoms with Crippen LogP contribution in [0.5, 0.6) is 5.75 Å². The molecule has 3 saturated carbocycles. The van der Waals surface area contributed by atoms with Gasteiger partial charge in [0.1, 0.15) is 5.82 Å². The van der Waals surface area contributed by atoms with Crippen LogP contribution in [-0.2, 0) is 6.42 Å². The molecule has 33 heavy (non-hydrogen) atoms. The third kappa shape index (κ3) is 4.39. The molecule has 7 nitrogen and oxygen atoms in total. The van der Waals surface area contributed by atoms with Gasteiger partial charge in [-0.15, -0.1) is 0 Å². The van der Waals surface area contributed by atoms with Crippen LogP contribution in [0.2, 0.25) is 0 Å². The number of aliphatic hydroxyl groups is 1. The highest BCUT2D eigenvalue weighted by Gasteiger charge is 2.48. The maximum atomic E-state index is 14.3. The molecule has 0 spiro atoms. The van der Waals surface area contributed by atoms with Crippen LogP contribution >= 0.6 is 0 Å². The van der Waals surface area contributed by atoms with Crippen LogP contribution in [0, 0.1) is 5.82 Å². The van der Waals surface area contributed by atoms with Gasteiger partial charge in [0.15, 0.2) is 11.6 Å². The van der Waals surface area contributed by atoms with Crippen molar-refractivity contribution in [1.82, 2.24) is 20.6 Å². The number of carbonyl (C=O) groups excluding carboxylic acids is 1. The summed E-state index contributed by atoms with van der Waals surface area (Å²) in [6.07, 6.45) is 4.82. The first kappa shape index (κ1) is 21.7. The number of aromatic nitrogens is 2. The second kappa shape index (κ2) is 8.33. The Labute approximate surface area is 191 Å². The molecule has 1 aromatic heterocycles. The third-order valence-corrected chi connectivity index (χ3v) is 7.28. The highest BCUT2D eigenvalue weighted by Crippen LogP contribution is 2.46. The van der Waals surface area contributed by atoms with E-state index in [0.717, 1.165) is 35.9 Å². The first-order valence-electron chi connectivity index (χ1n) is 11.5. The Morgan fingerprint density at radius 3 is 2.58 bits per heavy atom. The van der Waals surface area contributed by atoms with E-state index < -0.39 is 17.5 Å². The van der Waals surface area contributed by atoms with Crippen molar-refractivity contribution >= 4 is 17.1 Å². The van der Waals surface area contributed by atoms with Crippen LogP contribution < -0.4 is 15.4 Å². The molecule has 3 aromatic rings. The average Bonchev–Trinajstić information content (AvgIpc) is 3.24. The van der Waals surface area contributed by atoms with E-state index in [1.165, 1.54) is 13.2 Å². The third-order valence-electron chi connectivity index (χ3n) is 7.28. The standard InChI is InChI=1S/C25H29FN4O3/c1-33-21-7-6-16(14-17(21)26)15-20(22-27-18-4-2-3-5-19(18)28-22)29-23(31)30-24-8-11-25(32,12-9-24)13-10-24/h2-7,14,20,32H,8-13,15H2,1H3,(H,27,28)(H2,29,30,31)/t20-,24?,25?/m1/s1. The van der Waals surface area contributed by atoms with Crippen molar-refractivity contribution in [3.63, 3.8) is 0 Å². The summed E-state index contributed by atoms with van der Waals surface area (Å²) in [5.41, 5.74) is 1.56. The fraction of sp³-hybridized carbons (Fsp3) is 0.440. The lowest BCUT2D eigenvalue weighted by atomic mass is 9.63. The summed E-state index contributed by atoms with van der Waals surface area (Å²) in [6.45, 7) is 0. The largest absolute Gasteiger partial charge is 0.494 e. The molecule has 6 rings (SSSR count). The Morgan fingerprint density at radius 1 is 1.18 bits per heavy atom. The Hall–Kier alpha value is -3.13. The first-order valence-corrected chi connectivity index (χ1v) is 11.5. The first-order chi connectivity index (χ1) is 15.9. The lowest BCUT2D eigenvalue weighted by Gasteiger charge is -2.51. The fourth-order valence-corrected chi connectivity index (χ4v) is 5.21. The van der Waals surface area contributed by atoms with Gasteiger partial charge in [0.25, 0.3) is 0 Å². The second-order valence-electron chi connectivity index (χ2n) is 9.47. The molecular weight excluding hydrogens is 423 g/mol. The molecule has 3 fully saturated rings. The number of aromatic amines is 1. The highest BCUT2D eigenvalue weighted by molar-refractivity contribution is 5.77. The molecule has 3 aliphatic rings. The van der Waals surface area contributed by atoms with Crippen molar-refractivity contribution in [2.45, 2.75) is 62.1 Å². The second-order valence-corrected chi connectivity index (χ2v) is 9.47. The number of halogens is 1. The van der Waals surface area contributed by atoms with E-state index in [1.807, 2.05) is 24.3 Å². The van der Waals surface area contributed by atoms with E-state index in [9.17, 15) is 14.3 Å². The van der Waals surface area contributed by atoms with Crippen molar-refractivity contribution in [2.75, 3.05) is 7.11 Å². The zero-order valence-corrected chi connectivity index (χ0v) is 18.7. The number of imidazole rings is 1. The van der Waals surface area contributed by atoms with Crippen LogP contribution in [0.1, 0.15) is 56.0 Å². The van der Waals surface area contributed by atoms with Gasteiger partial charge in [0, 0.05) is 12.0 Å². The van der Waals surface area contributed by atoms with Gasteiger partial charge in [-0.1, -0.05) is 18.2 Å². The Kier molecular flexibility index (Phi) is 5.48. The molecule has 2 aromatic carbocycles. The molecule has 1 heterocycles. The van der Waals surface area contributed by atoms with E-state index >= 15 is 0 Å². The van der Waals surface area contributed by atoms with Gasteiger partial charge in [-0.3, -0.25) is 0 Å². The molecule has 4 N–H and O–H groups in total. The topological polar surface area (TPSA) is 99.3 Å². The highest BCUT2D eigenvalue weighted by atomic mass is 19.1. The lowest BCUT2D eigenvalue weighted by molar-refractivity contribution is -0.0694. The Balaban J connectivity index is 1.37. The quantitative estimate of drug-likeness (QED) is 0.452. The fourth-order valence-electron chi connectivity index (χ4n) is 5.21. The zero-order valence-electron chi connectivity index (χ0n) is 18.7. The van der Waals surface area contributed by atoms with Crippen molar-refractivity contribution in [1.29, 1.82) is 0 Å². The summed E-state index contributed by atoms with van der Waals surface area (Å²) in [5.74, 6) is 0.346. The SMILES string of the molecule is COc1ccc(C[C@@H](NC(=O)NC23CCC(O)(CC2)CC3)c2nc3ccccc3[nH]2)cc1F. The number of benzene rings is 2. The summed E-state index contributed by atoms with van der Waals surface area (Å²) in [5, 5.41) is 16.7. The van der Waals surface area contributed by atoms with Crippen molar-refractivity contribution in [2.24, 2.45) is 0 Å². The number of nitrogens with one attached hydrogen (secondary N) is 3. The Bertz CT molecular complexity index is 1120. The monoisotopic (exact) mass is 452 g/mol. The number of hydrogen-bond acceptors (Lipinski definition) is 4. The molecule has 8 heteroatoms. The van der Waals surface area contributed by atoms with Gasteiger partial charge in [0.05, 0.1) is 29.8 Å². The van der Waals surface area contributed by atoms with Gasteiger partial charge in [-0.2, -0.15) is 0 Å². The number of ether oxygens (including phenoxy) is 1. The summed E-state index contributed by atoms with van der Waals surface area (Å²) >= 11 is 0. The van der Waals surface area contributed by atoms with Gasteiger partial charge < -0.3 is 25.5 Å². The van der Waals surface area contributed by atoms with E-state index in [2.05, 4.69) is 20.6 Å². The number of urea groups is 1. The number of methoxy groups -OCH3 is 1. The summed E-state index contributed by atoms with van der Waals surface area (Å²) in [6, 6.07) is 11.7. The van der Waals surface area contributed by atoms with Crippen LogP contribution in [-0.4, -0.2) is 39.4 Å². The molecule has 3 aliphatic carbocycles. The van der Waals surface area contributed by atoms with Crippen molar-refractivity contribution in [3.8, 4) is 5.75 Å². The molecule has 1 atom stereocenters. The van der Waals surface area contributed by atoms with E-state index in [-0.39, 0.29) is 17.3 Å². The van der Waals surface area contributed by atoms with E-state index in [1.54, 1.807) is 12.1 Å². The van der Waals surface area contributed by atoms with Crippen LogP contribution in [0.15, 0.2) is 42.5 Å². The minimum absolute atomic E-state index is 0.179. The molecular formula is C25H29FN4O3. The normalized spacial score (nSPS) is 25.1. The number of rotatable bonds is 6. The number of amides is 2. The van der Waals surface area contributed by atoms with E-state index in [0.29, 0.717) is 31.5 Å². The summed E-state index contributed by atoms with van der Waals surface area (Å²) in [4.78, 5) is 21.1. The number of nitrogens with zero attached hydrogens (tertiary/aromatic N) is 1.